The largest absolute Gasteiger partial charge is 0.385 e. The Bertz CT molecular complexity index is 445. The molecule has 0 amide bonds. The number of hydrogen-bond donors (Lipinski definition) is 1. The smallest absolute Gasteiger partial charge is 0.123 e. The maximum absolute atomic E-state index is 13.0. The molecule has 0 spiro atoms. The van der Waals surface area contributed by atoms with Crippen LogP contribution in [-0.2, 0) is 5.60 Å². The van der Waals surface area contributed by atoms with Crippen molar-refractivity contribution in [2.45, 2.75) is 50.5 Å². The Balaban J connectivity index is 1.55. The van der Waals surface area contributed by atoms with Gasteiger partial charge in [0.15, 0.2) is 0 Å². The van der Waals surface area contributed by atoms with Crippen molar-refractivity contribution < 1.29 is 9.50 Å². The number of nitrogens with zero attached hydrogens (tertiary/aromatic N) is 1. The zero-order chi connectivity index (χ0) is 14.7. The predicted molar refractivity (Wildman–Crippen MR) is 82.5 cm³/mol. The maximum atomic E-state index is 13.0. The minimum absolute atomic E-state index is 0.239. The van der Waals surface area contributed by atoms with Gasteiger partial charge in [-0.05, 0) is 49.3 Å². The summed E-state index contributed by atoms with van der Waals surface area (Å²) in [6.07, 6.45) is 8.44. The van der Waals surface area contributed by atoms with Crippen molar-refractivity contribution in [1.82, 2.24) is 4.90 Å². The molecule has 1 heterocycles. The lowest BCUT2D eigenvalue weighted by Gasteiger charge is -2.40. The van der Waals surface area contributed by atoms with E-state index in [9.17, 15) is 9.50 Å². The molecule has 0 bridgehead atoms. The van der Waals surface area contributed by atoms with Gasteiger partial charge in [0.2, 0.25) is 0 Å². The normalized spacial score (nSPS) is 24.1. The molecule has 1 saturated carbocycles. The topological polar surface area (TPSA) is 23.5 Å². The van der Waals surface area contributed by atoms with Crippen LogP contribution in [0.4, 0.5) is 4.39 Å². The van der Waals surface area contributed by atoms with Crippen molar-refractivity contribution in [2.24, 2.45) is 5.92 Å². The summed E-state index contributed by atoms with van der Waals surface area (Å²) in [7, 11) is 0. The Labute approximate surface area is 127 Å². The summed E-state index contributed by atoms with van der Waals surface area (Å²) in [6, 6.07) is 6.35. The zero-order valence-corrected chi connectivity index (χ0v) is 12.7. The van der Waals surface area contributed by atoms with Gasteiger partial charge in [0, 0.05) is 19.6 Å². The van der Waals surface area contributed by atoms with E-state index in [1.807, 2.05) is 0 Å². The number of aliphatic hydroxyl groups is 1. The van der Waals surface area contributed by atoms with E-state index in [0.717, 1.165) is 37.4 Å². The number of halogens is 1. The average molecular weight is 291 g/mol. The molecule has 0 atom stereocenters. The van der Waals surface area contributed by atoms with E-state index < -0.39 is 5.60 Å². The number of benzene rings is 1. The standard InChI is InChI=1S/C18H26FNO/c19-17-8-6-16(7-9-17)18(21)10-12-20(13-11-18)14-15-4-2-1-3-5-15/h6-9,15,21H,1-5,10-14H2. The first-order chi connectivity index (χ1) is 10.2. The SMILES string of the molecule is OC1(c2ccc(F)cc2)CCN(CC2CCCCC2)CC1. The van der Waals surface area contributed by atoms with Crippen LogP contribution in [0.5, 0.6) is 0 Å². The van der Waals surface area contributed by atoms with Gasteiger partial charge in [0.1, 0.15) is 5.82 Å². The zero-order valence-electron chi connectivity index (χ0n) is 12.7. The molecule has 2 nitrogen and oxygen atoms in total. The first-order valence-corrected chi connectivity index (χ1v) is 8.36. The number of likely N-dealkylation sites (tertiary alicyclic amines) is 1. The lowest BCUT2D eigenvalue weighted by molar-refractivity contribution is -0.0298. The van der Waals surface area contributed by atoms with Gasteiger partial charge in [0.05, 0.1) is 5.60 Å². The van der Waals surface area contributed by atoms with Crippen molar-refractivity contribution in [3.8, 4) is 0 Å². The van der Waals surface area contributed by atoms with E-state index >= 15 is 0 Å². The lowest BCUT2D eigenvalue weighted by Crippen LogP contribution is -2.44. The fourth-order valence-corrected chi connectivity index (χ4v) is 3.89. The molecule has 2 fully saturated rings. The highest BCUT2D eigenvalue weighted by Gasteiger charge is 2.34. The summed E-state index contributed by atoms with van der Waals surface area (Å²) in [5.74, 6) is 0.618. The maximum Gasteiger partial charge on any atom is 0.123 e. The van der Waals surface area contributed by atoms with Gasteiger partial charge in [-0.15, -0.1) is 0 Å². The highest BCUT2D eigenvalue weighted by atomic mass is 19.1. The van der Waals surface area contributed by atoms with Gasteiger partial charge in [-0.1, -0.05) is 31.4 Å². The van der Waals surface area contributed by atoms with Crippen molar-refractivity contribution in [3.63, 3.8) is 0 Å². The van der Waals surface area contributed by atoms with Crippen LogP contribution in [0.3, 0.4) is 0 Å². The first-order valence-electron chi connectivity index (χ1n) is 8.36. The third kappa shape index (κ3) is 3.64. The molecule has 1 N–H and O–H groups in total. The molecule has 1 aromatic rings. The molecular formula is C18H26FNO. The number of rotatable bonds is 3. The molecule has 0 aromatic heterocycles. The first kappa shape index (κ1) is 15.0. The van der Waals surface area contributed by atoms with Crippen LogP contribution < -0.4 is 0 Å². The molecule has 3 rings (SSSR count). The molecule has 1 saturated heterocycles. The molecule has 0 unspecified atom stereocenters. The van der Waals surface area contributed by atoms with Crippen LogP contribution >= 0.6 is 0 Å². The van der Waals surface area contributed by atoms with Crippen LogP contribution in [0, 0.1) is 11.7 Å². The Hall–Kier alpha value is -0.930. The molecule has 2 aliphatic rings. The summed E-state index contributed by atoms with van der Waals surface area (Å²) in [5.41, 5.74) is 0.0951. The van der Waals surface area contributed by atoms with E-state index in [-0.39, 0.29) is 5.82 Å². The third-order valence-electron chi connectivity index (χ3n) is 5.31. The molecule has 1 aromatic carbocycles. The number of piperidine rings is 1. The molecule has 3 heteroatoms. The van der Waals surface area contributed by atoms with E-state index in [1.54, 1.807) is 12.1 Å². The highest BCUT2D eigenvalue weighted by molar-refractivity contribution is 5.23. The summed E-state index contributed by atoms with van der Waals surface area (Å²) in [5, 5.41) is 10.8. The van der Waals surface area contributed by atoms with E-state index in [2.05, 4.69) is 4.90 Å². The minimum atomic E-state index is -0.767. The monoisotopic (exact) mass is 291 g/mol. The van der Waals surface area contributed by atoms with Crippen molar-refractivity contribution >= 4 is 0 Å². The molecule has 0 radical (unpaired) electrons. The van der Waals surface area contributed by atoms with Gasteiger partial charge in [0.25, 0.3) is 0 Å². The Morgan fingerprint density at radius 3 is 2.29 bits per heavy atom. The second-order valence-electron chi connectivity index (χ2n) is 6.84. The Morgan fingerprint density at radius 1 is 1.05 bits per heavy atom. The molecule has 1 aliphatic carbocycles. The summed E-state index contributed by atoms with van der Waals surface area (Å²) >= 11 is 0. The van der Waals surface area contributed by atoms with Gasteiger partial charge < -0.3 is 10.0 Å². The highest BCUT2D eigenvalue weighted by Crippen LogP contribution is 2.34. The minimum Gasteiger partial charge on any atom is -0.385 e. The van der Waals surface area contributed by atoms with Crippen LogP contribution in [0.15, 0.2) is 24.3 Å². The predicted octanol–water partition coefficient (Wildman–Crippen LogP) is 3.69. The Morgan fingerprint density at radius 2 is 1.67 bits per heavy atom. The fourth-order valence-electron chi connectivity index (χ4n) is 3.89. The van der Waals surface area contributed by atoms with Crippen molar-refractivity contribution in [1.29, 1.82) is 0 Å². The molecular weight excluding hydrogens is 265 g/mol. The van der Waals surface area contributed by atoms with Crippen LogP contribution in [0.2, 0.25) is 0 Å². The van der Waals surface area contributed by atoms with Crippen LogP contribution in [0.1, 0.15) is 50.5 Å². The second-order valence-corrected chi connectivity index (χ2v) is 6.84. The summed E-state index contributed by atoms with van der Waals surface area (Å²) in [4.78, 5) is 2.51. The van der Waals surface area contributed by atoms with Crippen LogP contribution in [-0.4, -0.2) is 29.6 Å². The van der Waals surface area contributed by atoms with Gasteiger partial charge in [-0.2, -0.15) is 0 Å². The van der Waals surface area contributed by atoms with Crippen LogP contribution in [0.25, 0.3) is 0 Å². The lowest BCUT2D eigenvalue weighted by atomic mass is 9.83. The van der Waals surface area contributed by atoms with Crippen molar-refractivity contribution in [3.05, 3.63) is 35.6 Å². The molecule has 1 aliphatic heterocycles. The van der Waals surface area contributed by atoms with Gasteiger partial charge in [-0.3, -0.25) is 0 Å². The molecule has 116 valence electrons. The summed E-state index contributed by atoms with van der Waals surface area (Å²) < 4.78 is 13.0. The second kappa shape index (κ2) is 6.45. The summed E-state index contributed by atoms with van der Waals surface area (Å²) in [6.45, 7) is 3.09. The van der Waals surface area contributed by atoms with Gasteiger partial charge in [-0.25, -0.2) is 4.39 Å². The Kier molecular flexibility index (Phi) is 4.60. The van der Waals surface area contributed by atoms with E-state index in [1.165, 1.54) is 50.8 Å². The van der Waals surface area contributed by atoms with Crippen molar-refractivity contribution in [2.75, 3.05) is 19.6 Å². The third-order valence-corrected chi connectivity index (χ3v) is 5.31. The van der Waals surface area contributed by atoms with E-state index in [0.29, 0.717) is 0 Å². The molecule has 21 heavy (non-hydrogen) atoms. The fraction of sp³-hybridized carbons (Fsp3) is 0.667. The van der Waals surface area contributed by atoms with E-state index in [4.69, 9.17) is 0 Å². The number of hydrogen-bond acceptors (Lipinski definition) is 2. The van der Waals surface area contributed by atoms with Gasteiger partial charge >= 0.3 is 0 Å². The average Bonchev–Trinajstić information content (AvgIpc) is 2.51. The quantitative estimate of drug-likeness (QED) is 0.918.